The summed E-state index contributed by atoms with van der Waals surface area (Å²) in [6, 6.07) is 4.05. The van der Waals surface area contributed by atoms with Gasteiger partial charge in [0.05, 0.1) is 0 Å². The first-order valence-corrected chi connectivity index (χ1v) is 9.74. The highest BCUT2D eigenvalue weighted by Gasteiger charge is 2.22. The minimum Gasteiger partial charge on any atom is -0.353 e. The Bertz CT molecular complexity index is 743. The number of piperazine rings is 1. The van der Waals surface area contributed by atoms with Crippen molar-refractivity contribution in [3.8, 4) is 0 Å². The van der Waals surface area contributed by atoms with E-state index < -0.39 is 0 Å². The summed E-state index contributed by atoms with van der Waals surface area (Å²) in [6.07, 6.45) is 6.59. The Kier molecular flexibility index (Phi) is 5.06. The number of nitrogens with zero attached hydrogens (tertiary/aromatic N) is 6. The molecule has 0 aromatic carbocycles. The third-order valence-corrected chi connectivity index (χ3v) is 5.72. The number of likely N-dealkylation sites (tertiary alicyclic amines) is 1. The fraction of sp³-hybridized carbons (Fsp3) is 0.632. The molecule has 7 nitrogen and oxygen atoms in total. The van der Waals surface area contributed by atoms with Crippen molar-refractivity contribution in [1.29, 1.82) is 0 Å². The Labute approximate surface area is 154 Å². The zero-order valence-corrected chi connectivity index (χ0v) is 15.5. The molecule has 2 aliphatic heterocycles. The van der Waals surface area contributed by atoms with Gasteiger partial charge in [-0.1, -0.05) is 6.92 Å². The first kappa shape index (κ1) is 17.3. The Balaban J connectivity index is 1.24. The third-order valence-electron chi connectivity index (χ3n) is 5.72. The Morgan fingerprint density at radius 2 is 1.88 bits per heavy atom. The van der Waals surface area contributed by atoms with E-state index in [1.54, 1.807) is 6.20 Å². The van der Waals surface area contributed by atoms with Gasteiger partial charge in [0.1, 0.15) is 5.82 Å². The summed E-state index contributed by atoms with van der Waals surface area (Å²) in [5.74, 6) is 2.09. The maximum atomic E-state index is 12.4. The van der Waals surface area contributed by atoms with Gasteiger partial charge in [-0.15, -0.1) is 5.10 Å². The zero-order chi connectivity index (χ0) is 17.9. The minimum atomic E-state index is 0.326. The van der Waals surface area contributed by atoms with Gasteiger partial charge in [-0.25, -0.2) is 9.50 Å². The SMILES string of the molecule is CC1CCN(C(=O)CCN2CCN(c3ccc4nccn4n3)CC2)CC1. The normalized spacial score (nSPS) is 20.0. The van der Waals surface area contributed by atoms with Gasteiger partial charge in [0.25, 0.3) is 0 Å². The summed E-state index contributed by atoms with van der Waals surface area (Å²) in [6.45, 7) is 8.88. The lowest BCUT2D eigenvalue weighted by Gasteiger charge is -2.36. The summed E-state index contributed by atoms with van der Waals surface area (Å²) in [7, 11) is 0. The zero-order valence-electron chi connectivity index (χ0n) is 15.5. The lowest BCUT2D eigenvalue weighted by molar-refractivity contribution is -0.132. The fourth-order valence-corrected chi connectivity index (χ4v) is 3.84. The largest absolute Gasteiger partial charge is 0.353 e. The van der Waals surface area contributed by atoms with Gasteiger partial charge in [-0.05, 0) is 30.9 Å². The molecule has 2 aromatic heterocycles. The number of imidazole rings is 1. The van der Waals surface area contributed by atoms with Crippen LogP contribution in [0, 0.1) is 5.92 Å². The van der Waals surface area contributed by atoms with Crippen LogP contribution in [-0.4, -0.2) is 76.1 Å². The van der Waals surface area contributed by atoms with Crippen molar-refractivity contribution in [2.45, 2.75) is 26.2 Å². The molecule has 0 saturated carbocycles. The van der Waals surface area contributed by atoms with E-state index >= 15 is 0 Å². The van der Waals surface area contributed by atoms with Crippen LogP contribution in [0.2, 0.25) is 0 Å². The van der Waals surface area contributed by atoms with E-state index in [2.05, 4.69) is 31.7 Å². The highest BCUT2D eigenvalue weighted by molar-refractivity contribution is 5.76. The molecule has 140 valence electrons. The molecule has 4 heterocycles. The molecule has 2 fully saturated rings. The maximum absolute atomic E-state index is 12.4. The number of hydrogen-bond donors (Lipinski definition) is 0. The number of carbonyl (C=O) groups is 1. The molecule has 0 radical (unpaired) electrons. The molecule has 0 bridgehead atoms. The van der Waals surface area contributed by atoms with Gasteiger partial charge in [-0.2, -0.15) is 0 Å². The van der Waals surface area contributed by atoms with Crippen molar-refractivity contribution >= 4 is 17.4 Å². The summed E-state index contributed by atoms with van der Waals surface area (Å²) >= 11 is 0. The number of fused-ring (bicyclic) bond motifs is 1. The average molecular weight is 356 g/mol. The van der Waals surface area contributed by atoms with Gasteiger partial charge >= 0.3 is 0 Å². The molecule has 4 rings (SSSR count). The fourth-order valence-electron chi connectivity index (χ4n) is 3.84. The van der Waals surface area contributed by atoms with E-state index in [4.69, 9.17) is 0 Å². The first-order valence-electron chi connectivity index (χ1n) is 9.74. The number of anilines is 1. The number of carbonyl (C=O) groups excluding carboxylic acids is 1. The molecule has 2 aromatic rings. The molecule has 1 amide bonds. The summed E-state index contributed by atoms with van der Waals surface area (Å²) < 4.78 is 1.82. The summed E-state index contributed by atoms with van der Waals surface area (Å²) in [5, 5.41) is 4.63. The predicted octanol–water partition coefficient (Wildman–Crippen LogP) is 1.50. The van der Waals surface area contributed by atoms with E-state index in [9.17, 15) is 4.79 Å². The molecular formula is C19H28N6O. The molecule has 26 heavy (non-hydrogen) atoms. The molecule has 0 spiro atoms. The minimum absolute atomic E-state index is 0.326. The quantitative estimate of drug-likeness (QED) is 0.831. The lowest BCUT2D eigenvalue weighted by atomic mass is 9.99. The van der Waals surface area contributed by atoms with Crippen LogP contribution in [0.5, 0.6) is 0 Å². The highest BCUT2D eigenvalue weighted by Crippen LogP contribution is 2.17. The number of hydrogen-bond acceptors (Lipinski definition) is 5. The van der Waals surface area contributed by atoms with Gasteiger partial charge in [-0.3, -0.25) is 9.69 Å². The number of aromatic nitrogens is 3. The van der Waals surface area contributed by atoms with E-state index in [0.29, 0.717) is 12.3 Å². The number of rotatable bonds is 4. The number of piperidine rings is 1. The lowest BCUT2D eigenvalue weighted by Crippen LogP contribution is -2.48. The monoisotopic (exact) mass is 356 g/mol. The molecule has 2 aliphatic rings. The van der Waals surface area contributed by atoms with E-state index in [1.807, 2.05) is 22.8 Å². The summed E-state index contributed by atoms with van der Waals surface area (Å²) in [4.78, 5) is 23.4. The van der Waals surface area contributed by atoms with Gasteiger partial charge in [0, 0.05) is 64.6 Å². The van der Waals surface area contributed by atoms with Crippen molar-refractivity contribution in [2.75, 3.05) is 50.7 Å². The van der Waals surface area contributed by atoms with Gasteiger partial charge in [0.2, 0.25) is 5.91 Å². The second-order valence-electron chi connectivity index (χ2n) is 7.56. The van der Waals surface area contributed by atoms with Crippen LogP contribution >= 0.6 is 0 Å². The highest BCUT2D eigenvalue weighted by atomic mass is 16.2. The smallest absolute Gasteiger partial charge is 0.223 e. The van der Waals surface area contributed by atoms with Crippen LogP contribution in [0.1, 0.15) is 26.2 Å². The van der Waals surface area contributed by atoms with Crippen LogP contribution in [-0.2, 0) is 4.79 Å². The number of amides is 1. The maximum Gasteiger partial charge on any atom is 0.223 e. The van der Waals surface area contributed by atoms with Crippen molar-refractivity contribution < 1.29 is 4.79 Å². The van der Waals surface area contributed by atoms with Crippen molar-refractivity contribution in [1.82, 2.24) is 24.4 Å². The molecule has 0 unspecified atom stereocenters. The Morgan fingerprint density at radius 1 is 1.12 bits per heavy atom. The Morgan fingerprint density at radius 3 is 2.65 bits per heavy atom. The van der Waals surface area contributed by atoms with Crippen LogP contribution < -0.4 is 4.90 Å². The van der Waals surface area contributed by atoms with Crippen LogP contribution in [0.4, 0.5) is 5.82 Å². The first-order chi connectivity index (χ1) is 12.7. The van der Waals surface area contributed by atoms with Crippen molar-refractivity contribution in [2.24, 2.45) is 5.92 Å². The standard InChI is InChI=1S/C19H28N6O/c1-16-4-9-24(10-5-16)19(26)6-8-22-12-14-23(15-13-22)18-3-2-17-20-7-11-25(17)21-18/h2-3,7,11,16H,4-6,8-10,12-15H2,1H3. The van der Waals surface area contributed by atoms with Crippen molar-refractivity contribution in [3.63, 3.8) is 0 Å². The van der Waals surface area contributed by atoms with Crippen molar-refractivity contribution in [3.05, 3.63) is 24.5 Å². The molecule has 0 N–H and O–H groups in total. The third kappa shape index (κ3) is 3.82. The van der Waals surface area contributed by atoms with Crippen LogP contribution in [0.3, 0.4) is 0 Å². The second-order valence-corrected chi connectivity index (χ2v) is 7.56. The summed E-state index contributed by atoms with van der Waals surface area (Å²) in [5.41, 5.74) is 0.873. The van der Waals surface area contributed by atoms with Crippen LogP contribution in [0.25, 0.3) is 5.65 Å². The van der Waals surface area contributed by atoms with E-state index in [0.717, 1.165) is 76.0 Å². The predicted molar refractivity (Wildman–Crippen MR) is 101 cm³/mol. The second kappa shape index (κ2) is 7.61. The Hall–Kier alpha value is -2.15. The average Bonchev–Trinajstić information content (AvgIpc) is 3.15. The van der Waals surface area contributed by atoms with Gasteiger partial charge in [0.15, 0.2) is 5.65 Å². The van der Waals surface area contributed by atoms with E-state index in [-0.39, 0.29) is 0 Å². The van der Waals surface area contributed by atoms with E-state index in [1.165, 1.54) is 0 Å². The molecule has 0 atom stereocenters. The van der Waals surface area contributed by atoms with Crippen LogP contribution in [0.15, 0.2) is 24.5 Å². The topological polar surface area (TPSA) is 57.0 Å². The van der Waals surface area contributed by atoms with Gasteiger partial charge < -0.3 is 9.80 Å². The molecule has 7 heteroatoms. The molecule has 0 aliphatic carbocycles. The molecular weight excluding hydrogens is 328 g/mol. The molecule has 2 saturated heterocycles.